The molecule has 0 heterocycles. The van der Waals surface area contributed by atoms with E-state index in [1.165, 1.54) is 0 Å². The number of hydrogen-bond acceptors (Lipinski definition) is 6. The van der Waals surface area contributed by atoms with Crippen molar-refractivity contribution in [1.82, 2.24) is 5.32 Å². The lowest BCUT2D eigenvalue weighted by atomic mass is 10.2. The maximum absolute atomic E-state index is 11.8. The van der Waals surface area contributed by atoms with Crippen LogP contribution < -0.4 is 5.32 Å². The molecule has 7 nitrogen and oxygen atoms in total. The average molecular weight is 349 g/mol. The number of carbonyl (C=O) groups excluding carboxylic acids is 2. The number of carboxylic acids is 1. The highest BCUT2D eigenvalue weighted by Gasteiger charge is 2.27. The Morgan fingerprint density at radius 1 is 1.22 bits per heavy atom. The van der Waals surface area contributed by atoms with Gasteiger partial charge in [0.05, 0.1) is 6.61 Å². The number of thioether (sulfide) groups is 1. The van der Waals surface area contributed by atoms with Gasteiger partial charge < -0.3 is 19.9 Å². The molecule has 0 saturated carbocycles. The third kappa shape index (κ3) is 10.0. The van der Waals surface area contributed by atoms with E-state index in [1.807, 2.05) is 6.92 Å². The zero-order valence-corrected chi connectivity index (χ0v) is 15.2. The lowest BCUT2D eigenvalue weighted by Crippen LogP contribution is -2.45. The van der Waals surface area contributed by atoms with Crippen LogP contribution in [0.4, 0.5) is 4.79 Å². The average Bonchev–Trinajstić information content (AvgIpc) is 2.39. The molecule has 0 rings (SSSR count). The monoisotopic (exact) mass is 349 g/mol. The van der Waals surface area contributed by atoms with Crippen molar-refractivity contribution in [2.24, 2.45) is 0 Å². The Balaban J connectivity index is 4.64. The number of hydrogen-bond donors (Lipinski definition) is 2. The molecule has 0 aromatic heterocycles. The number of nitrogens with one attached hydrogen (secondary N) is 1. The van der Waals surface area contributed by atoms with E-state index in [4.69, 9.17) is 9.47 Å². The number of carboxylic acid groups (broad SMARTS) is 1. The van der Waals surface area contributed by atoms with E-state index >= 15 is 0 Å². The van der Waals surface area contributed by atoms with E-state index in [0.717, 1.165) is 18.2 Å². The van der Waals surface area contributed by atoms with E-state index in [0.29, 0.717) is 6.42 Å². The van der Waals surface area contributed by atoms with E-state index in [9.17, 15) is 19.5 Å². The van der Waals surface area contributed by atoms with Crippen molar-refractivity contribution in [3.8, 4) is 0 Å². The first-order chi connectivity index (χ1) is 10.6. The van der Waals surface area contributed by atoms with Crippen molar-refractivity contribution in [3.63, 3.8) is 0 Å². The molecule has 2 atom stereocenters. The molecule has 0 aliphatic rings. The minimum Gasteiger partial charge on any atom is -0.480 e. The third-order valence-corrected chi connectivity index (χ3v) is 3.91. The maximum Gasteiger partial charge on any atom is 0.408 e. The van der Waals surface area contributed by atoms with Crippen LogP contribution in [0.15, 0.2) is 0 Å². The van der Waals surface area contributed by atoms with Gasteiger partial charge in [-0.25, -0.2) is 9.59 Å². The maximum atomic E-state index is 11.8. The summed E-state index contributed by atoms with van der Waals surface area (Å²) in [5.41, 5.74) is -0.712. The van der Waals surface area contributed by atoms with Crippen LogP contribution in [-0.2, 0) is 19.1 Å². The fraction of sp³-hybridized carbons (Fsp3) is 0.800. The van der Waals surface area contributed by atoms with E-state index < -0.39 is 29.0 Å². The summed E-state index contributed by atoms with van der Waals surface area (Å²) >= 11 is 1.16. The molecule has 23 heavy (non-hydrogen) atoms. The molecule has 2 N–H and O–H groups in total. The summed E-state index contributed by atoms with van der Waals surface area (Å²) in [7, 11) is 0. The smallest absolute Gasteiger partial charge is 0.408 e. The zero-order valence-electron chi connectivity index (χ0n) is 14.4. The highest BCUT2D eigenvalue weighted by Crippen LogP contribution is 2.19. The van der Waals surface area contributed by atoms with Crippen LogP contribution in [0, 0.1) is 0 Å². The van der Waals surface area contributed by atoms with Gasteiger partial charge in [-0.05, 0) is 34.1 Å². The Hall–Kier alpha value is -1.44. The summed E-state index contributed by atoms with van der Waals surface area (Å²) in [6, 6.07) is -1.14. The van der Waals surface area contributed by atoms with Gasteiger partial charge in [0.15, 0.2) is 0 Å². The normalized spacial score (nSPS) is 13.8. The molecule has 0 saturated heterocycles. The van der Waals surface area contributed by atoms with Crippen molar-refractivity contribution in [2.45, 2.75) is 64.4 Å². The molecule has 0 aliphatic carbocycles. The fourth-order valence-electron chi connectivity index (χ4n) is 1.60. The van der Waals surface area contributed by atoms with Crippen molar-refractivity contribution in [1.29, 1.82) is 0 Å². The molecule has 0 fully saturated rings. The van der Waals surface area contributed by atoms with Gasteiger partial charge in [-0.2, -0.15) is 0 Å². The van der Waals surface area contributed by atoms with Gasteiger partial charge in [-0.15, -0.1) is 11.8 Å². The second-order valence-electron chi connectivity index (χ2n) is 5.90. The van der Waals surface area contributed by atoms with Crippen molar-refractivity contribution >= 4 is 29.8 Å². The molecule has 0 aromatic carbocycles. The standard InChI is InChI=1S/C15H27NO6S/c1-6-8-11(13(19)21-7-2)23-9-10(12(17)18)16-14(20)22-15(3,4)5/h10-11H,6-9H2,1-5H3,(H,16,20)(H,17,18). The number of carbonyl (C=O) groups is 3. The molecule has 1 amide bonds. The molecular weight excluding hydrogens is 322 g/mol. The van der Waals surface area contributed by atoms with Gasteiger partial charge >= 0.3 is 18.0 Å². The number of aliphatic carboxylic acids is 1. The van der Waals surface area contributed by atoms with Crippen molar-refractivity contribution < 1.29 is 29.0 Å². The number of rotatable bonds is 9. The fourth-order valence-corrected chi connectivity index (χ4v) is 2.86. The first-order valence-corrected chi connectivity index (χ1v) is 8.66. The molecule has 0 aliphatic heterocycles. The van der Waals surface area contributed by atoms with E-state index in [2.05, 4.69) is 5.32 Å². The van der Waals surface area contributed by atoms with Gasteiger partial charge in [-0.1, -0.05) is 13.3 Å². The van der Waals surface area contributed by atoms with Crippen LogP contribution in [0.2, 0.25) is 0 Å². The Kier molecular flexibility index (Phi) is 9.71. The molecule has 2 unspecified atom stereocenters. The quantitative estimate of drug-likeness (QED) is 0.616. The zero-order chi connectivity index (χ0) is 18.0. The lowest BCUT2D eigenvalue weighted by molar-refractivity contribution is -0.142. The van der Waals surface area contributed by atoms with Crippen LogP contribution in [0.5, 0.6) is 0 Å². The SMILES string of the molecule is CCCC(SCC(NC(=O)OC(C)(C)C)C(=O)O)C(=O)OCC. The minimum atomic E-state index is -1.18. The molecule has 8 heteroatoms. The first-order valence-electron chi connectivity index (χ1n) is 7.61. The van der Waals surface area contributed by atoms with Gasteiger partial charge in [0.1, 0.15) is 16.9 Å². The second-order valence-corrected chi connectivity index (χ2v) is 7.14. The predicted octanol–water partition coefficient (Wildman–Crippen LogP) is 2.43. The highest BCUT2D eigenvalue weighted by molar-refractivity contribution is 8.00. The molecule has 0 bridgehead atoms. The Morgan fingerprint density at radius 2 is 1.83 bits per heavy atom. The van der Waals surface area contributed by atoms with Crippen LogP contribution in [0.3, 0.4) is 0 Å². The number of ether oxygens (including phenoxy) is 2. The van der Waals surface area contributed by atoms with Crippen LogP contribution in [-0.4, -0.2) is 52.4 Å². The lowest BCUT2D eigenvalue weighted by Gasteiger charge is -2.22. The van der Waals surface area contributed by atoms with Crippen LogP contribution in [0.25, 0.3) is 0 Å². The summed E-state index contributed by atoms with van der Waals surface area (Å²) in [5, 5.41) is 11.1. The van der Waals surface area contributed by atoms with Crippen molar-refractivity contribution in [3.05, 3.63) is 0 Å². The van der Waals surface area contributed by atoms with Crippen LogP contribution >= 0.6 is 11.8 Å². The predicted molar refractivity (Wildman–Crippen MR) is 88.6 cm³/mol. The number of esters is 1. The van der Waals surface area contributed by atoms with E-state index in [-0.39, 0.29) is 18.3 Å². The molecule has 0 aromatic rings. The number of alkyl carbamates (subject to hydrolysis) is 1. The van der Waals surface area contributed by atoms with E-state index in [1.54, 1.807) is 27.7 Å². The Labute approximate surface area is 141 Å². The van der Waals surface area contributed by atoms with Gasteiger partial charge in [-0.3, -0.25) is 4.79 Å². The number of amides is 1. The van der Waals surface area contributed by atoms with Gasteiger partial charge in [0.25, 0.3) is 0 Å². The summed E-state index contributed by atoms with van der Waals surface area (Å²) in [6.07, 6.45) is 0.560. The van der Waals surface area contributed by atoms with Gasteiger partial charge in [0, 0.05) is 5.75 Å². The van der Waals surface area contributed by atoms with Crippen molar-refractivity contribution in [2.75, 3.05) is 12.4 Å². The van der Waals surface area contributed by atoms with Gasteiger partial charge in [0.2, 0.25) is 0 Å². The Morgan fingerprint density at radius 3 is 2.26 bits per heavy atom. The topological polar surface area (TPSA) is 102 Å². The Bertz CT molecular complexity index is 407. The molecular formula is C15H27NO6S. The highest BCUT2D eigenvalue weighted by atomic mass is 32.2. The first kappa shape index (κ1) is 21.6. The minimum absolute atomic E-state index is 0.0536. The summed E-state index contributed by atoms with van der Waals surface area (Å²) in [5.74, 6) is -1.49. The van der Waals surface area contributed by atoms with Crippen LogP contribution in [0.1, 0.15) is 47.5 Å². The summed E-state index contributed by atoms with van der Waals surface area (Å²) < 4.78 is 10.0. The molecule has 0 radical (unpaired) electrons. The molecule has 134 valence electrons. The second kappa shape index (κ2) is 10.4. The molecule has 0 spiro atoms. The largest absolute Gasteiger partial charge is 0.480 e. The third-order valence-electron chi connectivity index (χ3n) is 2.55. The summed E-state index contributed by atoms with van der Waals surface area (Å²) in [6.45, 7) is 8.99. The summed E-state index contributed by atoms with van der Waals surface area (Å²) in [4.78, 5) is 34.8.